The average molecular weight is 460 g/mol. The molecule has 0 saturated heterocycles. The summed E-state index contributed by atoms with van der Waals surface area (Å²) in [6.45, 7) is 5.66. The van der Waals surface area contributed by atoms with Gasteiger partial charge in [0.25, 0.3) is 0 Å². The molecule has 0 bridgehead atoms. The normalized spacial score (nSPS) is 23.1. The van der Waals surface area contributed by atoms with Gasteiger partial charge in [-0.15, -0.1) is 11.3 Å². The number of carbonyl (C=O) groups is 2. The molecule has 0 spiro atoms. The predicted molar refractivity (Wildman–Crippen MR) is 126 cm³/mol. The van der Waals surface area contributed by atoms with Crippen molar-refractivity contribution in [3.05, 3.63) is 16.8 Å². The van der Waals surface area contributed by atoms with Crippen molar-refractivity contribution in [1.29, 1.82) is 0 Å². The van der Waals surface area contributed by atoms with Crippen molar-refractivity contribution in [3.63, 3.8) is 0 Å². The zero-order valence-electron chi connectivity index (χ0n) is 19.3. The lowest BCUT2D eigenvalue weighted by molar-refractivity contribution is -0.118. The highest BCUT2D eigenvalue weighted by Gasteiger charge is 2.32. The number of nitrogens with zero attached hydrogens (tertiary/aromatic N) is 3. The minimum Gasteiger partial charge on any atom is -0.444 e. The van der Waals surface area contributed by atoms with Gasteiger partial charge in [0.15, 0.2) is 0 Å². The minimum atomic E-state index is -0.490. The van der Waals surface area contributed by atoms with E-state index in [4.69, 9.17) is 10.5 Å². The second-order valence-electron chi connectivity index (χ2n) is 9.99. The number of hydrogen-bond acceptors (Lipinski definition) is 7. The summed E-state index contributed by atoms with van der Waals surface area (Å²) in [6, 6.07) is 0.460. The Morgan fingerprint density at radius 2 is 1.94 bits per heavy atom. The monoisotopic (exact) mass is 459 g/mol. The van der Waals surface area contributed by atoms with Crippen molar-refractivity contribution in [1.82, 2.24) is 14.9 Å². The van der Waals surface area contributed by atoms with Crippen LogP contribution in [0.15, 0.2) is 6.33 Å². The fourth-order valence-corrected chi connectivity index (χ4v) is 6.15. The maximum Gasteiger partial charge on any atom is 0.410 e. The van der Waals surface area contributed by atoms with Crippen molar-refractivity contribution in [2.75, 3.05) is 12.4 Å². The molecule has 2 aromatic rings. The number of amides is 2. The van der Waals surface area contributed by atoms with Crippen molar-refractivity contribution >= 4 is 39.4 Å². The highest BCUT2D eigenvalue weighted by Crippen LogP contribution is 2.46. The Kier molecular flexibility index (Phi) is 6.29. The van der Waals surface area contributed by atoms with Gasteiger partial charge < -0.3 is 20.7 Å². The summed E-state index contributed by atoms with van der Waals surface area (Å²) < 4.78 is 5.52. The topological polar surface area (TPSA) is 110 Å². The van der Waals surface area contributed by atoms with Crippen LogP contribution in [-0.2, 0) is 16.0 Å². The van der Waals surface area contributed by atoms with Gasteiger partial charge in [-0.1, -0.05) is 0 Å². The van der Waals surface area contributed by atoms with Crippen LogP contribution in [0.4, 0.5) is 10.6 Å². The molecule has 4 rings (SSSR count). The van der Waals surface area contributed by atoms with Gasteiger partial charge in [0, 0.05) is 30.4 Å². The third kappa shape index (κ3) is 4.82. The average Bonchev–Trinajstić information content (AvgIpc) is 3.26. The summed E-state index contributed by atoms with van der Waals surface area (Å²) >= 11 is 1.70. The Morgan fingerprint density at radius 1 is 1.22 bits per heavy atom. The molecule has 2 aliphatic rings. The third-order valence-electron chi connectivity index (χ3n) is 6.44. The molecular weight excluding hydrogens is 426 g/mol. The largest absolute Gasteiger partial charge is 0.444 e. The van der Waals surface area contributed by atoms with Crippen LogP contribution in [0.5, 0.6) is 0 Å². The van der Waals surface area contributed by atoms with E-state index in [2.05, 4.69) is 15.3 Å². The number of nitrogens with one attached hydrogen (secondary N) is 1. The van der Waals surface area contributed by atoms with Crippen LogP contribution in [0.2, 0.25) is 0 Å². The maximum absolute atomic E-state index is 12.4. The molecular formula is C23H33N5O3S. The Bertz CT molecular complexity index is 1010. The quantitative estimate of drug-likeness (QED) is 0.694. The number of rotatable bonds is 5. The van der Waals surface area contributed by atoms with Gasteiger partial charge in [-0.3, -0.25) is 4.79 Å². The Labute approximate surface area is 192 Å². The number of carbonyl (C=O) groups excluding carboxylic acids is 2. The number of aromatic nitrogens is 2. The molecule has 174 valence electrons. The van der Waals surface area contributed by atoms with E-state index in [0.717, 1.165) is 54.6 Å². The lowest BCUT2D eigenvalue weighted by atomic mass is 9.90. The lowest BCUT2D eigenvalue weighted by Gasteiger charge is -2.36. The predicted octanol–water partition coefficient (Wildman–Crippen LogP) is 4.19. The number of primary amides is 1. The van der Waals surface area contributed by atoms with Gasteiger partial charge in [-0.05, 0) is 70.8 Å². The molecule has 2 amide bonds. The Morgan fingerprint density at radius 3 is 2.59 bits per heavy atom. The molecule has 32 heavy (non-hydrogen) atoms. The first-order valence-electron chi connectivity index (χ1n) is 11.4. The fourth-order valence-electron chi connectivity index (χ4n) is 4.91. The van der Waals surface area contributed by atoms with E-state index in [1.54, 1.807) is 22.6 Å². The van der Waals surface area contributed by atoms with Crippen LogP contribution in [0.1, 0.15) is 75.7 Å². The van der Waals surface area contributed by atoms with Crippen LogP contribution in [0.3, 0.4) is 0 Å². The van der Waals surface area contributed by atoms with Gasteiger partial charge in [0.2, 0.25) is 5.91 Å². The van der Waals surface area contributed by atoms with Crippen molar-refractivity contribution in [2.45, 2.75) is 89.3 Å². The molecule has 3 N–H and O–H groups in total. The number of aryl methyl sites for hydroxylation is 1. The van der Waals surface area contributed by atoms with Gasteiger partial charge >= 0.3 is 6.09 Å². The zero-order valence-corrected chi connectivity index (χ0v) is 20.1. The summed E-state index contributed by atoms with van der Waals surface area (Å²) in [6.07, 6.45) is 7.35. The lowest BCUT2D eigenvalue weighted by Crippen LogP contribution is -2.43. The molecule has 0 aromatic carbocycles. The van der Waals surface area contributed by atoms with E-state index in [-0.39, 0.29) is 30.0 Å². The van der Waals surface area contributed by atoms with Gasteiger partial charge in [0.05, 0.1) is 5.39 Å². The molecule has 0 unspecified atom stereocenters. The van der Waals surface area contributed by atoms with Crippen LogP contribution < -0.4 is 11.1 Å². The van der Waals surface area contributed by atoms with E-state index in [0.29, 0.717) is 6.42 Å². The second-order valence-corrected chi connectivity index (χ2v) is 11.1. The smallest absolute Gasteiger partial charge is 0.410 e. The molecule has 1 atom stereocenters. The number of ether oxygens (including phenoxy) is 1. The zero-order chi connectivity index (χ0) is 23.0. The van der Waals surface area contributed by atoms with Gasteiger partial charge in [0.1, 0.15) is 22.6 Å². The highest BCUT2D eigenvalue weighted by molar-refractivity contribution is 7.19. The van der Waals surface area contributed by atoms with Crippen molar-refractivity contribution < 1.29 is 14.3 Å². The van der Waals surface area contributed by atoms with E-state index in [1.807, 2.05) is 27.8 Å². The second kappa shape index (κ2) is 8.84. The first-order valence-corrected chi connectivity index (χ1v) is 12.2. The van der Waals surface area contributed by atoms with E-state index in [1.165, 1.54) is 10.4 Å². The van der Waals surface area contributed by atoms with E-state index in [9.17, 15) is 9.59 Å². The molecule has 1 fully saturated rings. The van der Waals surface area contributed by atoms with Crippen LogP contribution >= 0.6 is 11.3 Å². The van der Waals surface area contributed by atoms with E-state index >= 15 is 0 Å². The SMILES string of the molecule is CN(C(=O)OC(C)(C)C)C1CCC(Nc2ncnc3sc4c(c23)[C@@H](CC(N)=O)CC4)CC1. The fraction of sp³-hybridized carbons (Fsp3) is 0.652. The van der Waals surface area contributed by atoms with E-state index < -0.39 is 5.60 Å². The minimum absolute atomic E-state index is 0.154. The summed E-state index contributed by atoms with van der Waals surface area (Å²) in [5, 5.41) is 4.70. The molecule has 2 aliphatic carbocycles. The molecule has 2 aromatic heterocycles. The Balaban J connectivity index is 1.44. The molecule has 2 heterocycles. The molecule has 9 heteroatoms. The number of nitrogens with two attached hydrogens (primary N) is 1. The first kappa shape index (κ1) is 22.8. The molecule has 0 aliphatic heterocycles. The number of thiophene rings is 1. The maximum atomic E-state index is 12.4. The summed E-state index contributed by atoms with van der Waals surface area (Å²) in [4.78, 5) is 37.1. The highest BCUT2D eigenvalue weighted by atomic mass is 32.1. The third-order valence-corrected chi connectivity index (χ3v) is 7.62. The van der Waals surface area contributed by atoms with Crippen LogP contribution in [0.25, 0.3) is 10.2 Å². The summed E-state index contributed by atoms with van der Waals surface area (Å²) in [5.74, 6) is 0.745. The number of fused-ring (bicyclic) bond motifs is 3. The molecule has 1 saturated carbocycles. The molecule has 0 radical (unpaired) electrons. The van der Waals surface area contributed by atoms with Crippen LogP contribution in [-0.4, -0.2) is 51.6 Å². The van der Waals surface area contributed by atoms with Crippen LogP contribution in [0, 0.1) is 0 Å². The van der Waals surface area contributed by atoms with Crippen molar-refractivity contribution in [2.24, 2.45) is 5.73 Å². The van der Waals surface area contributed by atoms with Gasteiger partial charge in [-0.25, -0.2) is 14.8 Å². The summed E-state index contributed by atoms with van der Waals surface area (Å²) in [5.41, 5.74) is 6.23. The Hall–Kier alpha value is -2.42. The van der Waals surface area contributed by atoms with Crippen molar-refractivity contribution in [3.8, 4) is 0 Å². The number of anilines is 1. The summed E-state index contributed by atoms with van der Waals surface area (Å²) in [7, 11) is 1.83. The first-order chi connectivity index (χ1) is 15.1. The standard InChI is InChI=1S/C23H33N5O3S/c1-23(2,3)31-22(30)28(4)15-8-6-14(7-9-15)27-20-19-18-13(11-17(24)29)5-10-16(18)32-21(19)26-12-25-20/h12-15H,5-11H2,1-4H3,(H2,24,29)(H,25,26,27)/t13-,14?,15?/m1/s1. The molecule has 8 nitrogen and oxygen atoms in total. The number of hydrogen-bond donors (Lipinski definition) is 2. The van der Waals surface area contributed by atoms with Gasteiger partial charge in [-0.2, -0.15) is 0 Å².